The molecule has 0 amide bonds. The van der Waals surface area contributed by atoms with Crippen LogP contribution in [0.3, 0.4) is 0 Å². The van der Waals surface area contributed by atoms with E-state index in [9.17, 15) is 9.18 Å². The number of halogens is 2. The fourth-order valence-corrected chi connectivity index (χ4v) is 2.78. The van der Waals surface area contributed by atoms with Gasteiger partial charge in [-0.2, -0.15) is 5.26 Å². The molecule has 0 spiro atoms. The van der Waals surface area contributed by atoms with Crippen molar-refractivity contribution in [3.05, 3.63) is 35.1 Å². The highest BCUT2D eigenvalue weighted by Crippen LogP contribution is 2.18. The summed E-state index contributed by atoms with van der Waals surface area (Å²) in [5.41, 5.74) is 0.835. The van der Waals surface area contributed by atoms with Gasteiger partial charge in [0.05, 0.1) is 24.7 Å². The number of guanidine groups is 1. The van der Waals surface area contributed by atoms with Crippen LogP contribution in [-0.2, 0) is 16.1 Å². The zero-order valence-electron chi connectivity index (χ0n) is 14.3. The Morgan fingerprint density at radius 2 is 2.16 bits per heavy atom. The van der Waals surface area contributed by atoms with Crippen molar-refractivity contribution in [3.8, 4) is 6.07 Å². The van der Waals surface area contributed by atoms with E-state index in [4.69, 9.17) is 10.00 Å². The zero-order chi connectivity index (χ0) is 17.5. The van der Waals surface area contributed by atoms with Crippen molar-refractivity contribution in [2.45, 2.75) is 19.4 Å². The number of methoxy groups -OCH3 is 1. The van der Waals surface area contributed by atoms with Crippen molar-refractivity contribution >= 4 is 35.9 Å². The molecule has 1 aliphatic rings. The minimum Gasteiger partial charge on any atom is -0.469 e. The van der Waals surface area contributed by atoms with Gasteiger partial charge in [0, 0.05) is 32.2 Å². The van der Waals surface area contributed by atoms with E-state index in [0.717, 1.165) is 0 Å². The lowest BCUT2D eigenvalue weighted by atomic mass is 9.97. The van der Waals surface area contributed by atoms with E-state index in [1.54, 1.807) is 7.05 Å². The number of aliphatic imine (C=N–C) groups is 1. The minimum atomic E-state index is -0.360. The van der Waals surface area contributed by atoms with Crippen LogP contribution < -0.4 is 5.32 Å². The van der Waals surface area contributed by atoms with Crippen LogP contribution in [0.15, 0.2) is 23.2 Å². The number of nitrogens with zero attached hydrogens (tertiary/aromatic N) is 3. The molecule has 0 radical (unpaired) electrons. The van der Waals surface area contributed by atoms with Crippen molar-refractivity contribution in [2.24, 2.45) is 10.9 Å². The van der Waals surface area contributed by atoms with E-state index in [-0.39, 0.29) is 48.2 Å². The summed E-state index contributed by atoms with van der Waals surface area (Å²) in [5, 5.41) is 12.0. The minimum absolute atomic E-state index is 0. The number of nitrogens with one attached hydrogen (secondary N) is 1. The number of esters is 1. The average Bonchev–Trinajstić information content (AvgIpc) is 2.63. The van der Waals surface area contributed by atoms with E-state index in [2.05, 4.69) is 10.3 Å². The van der Waals surface area contributed by atoms with Crippen LogP contribution >= 0.6 is 24.0 Å². The highest BCUT2D eigenvalue weighted by molar-refractivity contribution is 14.0. The molecule has 1 fully saturated rings. The number of hydrogen-bond acceptors (Lipinski definition) is 4. The largest absolute Gasteiger partial charge is 0.469 e. The summed E-state index contributed by atoms with van der Waals surface area (Å²) < 4.78 is 18.6. The fourth-order valence-electron chi connectivity index (χ4n) is 2.78. The summed E-state index contributed by atoms with van der Waals surface area (Å²) in [6, 6.07) is 6.27. The van der Waals surface area contributed by atoms with Crippen LogP contribution in [0.2, 0.25) is 0 Å². The van der Waals surface area contributed by atoms with E-state index in [1.807, 2.05) is 11.0 Å². The third-order valence-corrected chi connectivity index (χ3v) is 4.15. The maximum atomic E-state index is 13.8. The van der Waals surface area contributed by atoms with Crippen LogP contribution in [0.5, 0.6) is 0 Å². The second-order valence-corrected chi connectivity index (χ2v) is 5.60. The lowest BCUT2D eigenvalue weighted by Crippen LogP contribution is -2.46. The van der Waals surface area contributed by atoms with Crippen LogP contribution in [0.25, 0.3) is 0 Å². The third kappa shape index (κ3) is 5.56. The topological polar surface area (TPSA) is 77.7 Å². The number of carbonyl (C=O) groups is 1. The van der Waals surface area contributed by atoms with Crippen LogP contribution in [0.1, 0.15) is 24.0 Å². The van der Waals surface area contributed by atoms with Crippen molar-refractivity contribution in [1.82, 2.24) is 10.2 Å². The molecule has 0 atom stereocenters. The summed E-state index contributed by atoms with van der Waals surface area (Å²) in [7, 11) is 3.07. The normalized spacial score (nSPS) is 15.1. The molecule has 0 aromatic heterocycles. The first-order valence-corrected chi connectivity index (χ1v) is 7.81. The van der Waals surface area contributed by atoms with Crippen molar-refractivity contribution in [2.75, 3.05) is 27.2 Å². The van der Waals surface area contributed by atoms with Gasteiger partial charge in [0.25, 0.3) is 0 Å². The average molecular weight is 460 g/mol. The second-order valence-electron chi connectivity index (χ2n) is 5.60. The molecular weight excluding hydrogens is 438 g/mol. The van der Waals surface area contributed by atoms with Gasteiger partial charge in [0.15, 0.2) is 5.96 Å². The highest BCUT2D eigenvalue weighted by Gasteiger charge is 2.26. The molecule has 25 heavy (non-hydrogen) atoms. The smallest absolute Gasteiger partial charge is 0.308 e. The van der Waals surface area contributed by atoms with Gasteiger partial charge in [-0.25, -0.2) is 4.39 Å². The molecule has 0 bridgehead atoms. The molecule has 0 saturated carbocycles. The first kappa shape index (κ1) is 21.2. The molecule has 0 aliphatic carbocycles. The standard InChI is InChI=1S/C17H21FN4O2.HI/c1-20-17(22-7-5-13(6-8-22)16(23)24-2)21-11-14-9-12(10-19)3-4-15(14)18;/h3-4,9,13H,5-8,11H2,1-2H3,(H,20,21);1H. The molecule has 136 valence electrons. The van der Waals surface area contributed by atoms with Gasteiger partial charge in [0.2, 0.25) is 0 Å². The van der Waals surface area contributed by atoms with Crippen molar-refractivity contribution < 1.29 is 13.9 Å². The molecule has 2 rings (SSSR count). The van der Waals surface area contributed by atoms with E-state index < -0.39 is 0 Å². The highest BCUT2D eigenvalue weighted by atomic mass is 127. The predicted molar refractivity (Wildman–Crippen MR) is 103 cm³/mol. The van der Waals surface area contributed by atoms with E-state index in [1.165, 1.54) is 25.3 Å². The Morgan fingerprint density at radius 3 is 2.72 bits per heavy atom. The SMILES string of the molecule is CN=C(NCc1cc(C#N)ccc1F)N1CCC(C(=O)OC)CC1.I. The number of benzene rings is 1. The number of likely N-dealkylation sites (tertiary alicyclic amines) is 1. The number of rotatable bonds is 3. The summed E-state index contributed by atoms with van der Waals surface area (Å²) in [6.07, 6.45) is 1.40. The molecular formula is C17H22FIN4O2. The lowest BCUT2D eigenvalue weighted by Gasteiger charge is -2.33. The Bertz CT molecular complexity index is 667. The number of ether oxygens (including phenoxy) is 1. The summed E-state index contributed by atoms with van der Waals surface area (Å²) in [5.74, 6) is 0.0449. The van der Waals surface area contributed by atoms with Gasteiger partial charge in [-0.05, 0) is 31.0 Å². The number of carbonyl (C=O) groups excluding carboxylic acids is 1. The Hall–Kier alpha value is -1.89. The predicted octanol–water partition coefficient (Wildman–Crippen LogP) is 2.28. The zero-order valence-corrected chi connectivity index (χ0v) is 16.6. The molecule has 1 heterocycles. The maximum absolute atomic E-state index is 13.8. The summed E-state index contributed by atoms with van der Waals surface area (Å²) in [6.45, 7) is 1.60. The Morgan fingerprint density at radius 1 is 1.48 bits per heavy atom. The van der Waals surface area contributed by atoms with Gasteiger partial charge in [-0.15, -0.1) is 24.0 Å². The van der Waals surface area contributed by atoms with E-state index in [0.29, 0.717) is 43.0 Å². The van der Waals surface area contributed by atoms with Crippen LogP contribution in [-0.4, -0.2) is 44.1 Å². The van der Waals surface area contributed by atoms with E-state index >= 15 is 0 Å². The summed E-state index contributed by atoms with van der Waals surface area (Å²) in [4.78, 5) is 17.8. The molecule has 1 aliphatic heterocycles. The molecule has 1 saturated heterocycles. The Balaban J connectivity index is 0.00000312. The Labute approximate surface area is 164 Å². The van der Waals surface area contributed by atoms with Crippen molar-refractivity contribution in [3.63, 3.8) is 0 Å². The molecule has 1 aromatic carbocycles. The van der Waals surface area contributed by atoms with Crippen LogP contribution in [0, 0.1) is 23.1 Å². The van der Waals surface area contributed by atoms with Gasteiger partial charge in [-0.3, -0.25) is 9.79 Å². The fraction of sp³-hybridized carbons (Fsp3) is 0.471. The van der Waals surface area contributed by atoms with Gasteiger partial charge in [-0.1, -0.05) is 0 Å². The number of nitriles is 1. The molecule has 1 N–H and O–H groups in total. The van der Waals surface area contributed by atoms with Gasteiger partial charge >= 0.3 is 5.97 Å². The van der Waals surface area contributed by atoms with Crippen LogP contribution in [0.4, 0.5) is 4.39 Å². The number of piperidine rings is 1. The molecule has 8 heteroatoms. The van der Waals surface area contributed by atoms with Crippen molar-refractivity contribution in [1.29, 1.82) is 5.26 Å². The first-order valence-electron chi connectivity index (χ1n) is 7.81. The molecule has 6 nitrogen and oxygen atoms in total. The quantitative estimate of drug-likeness (QED) is 0.324. The first-order chi connectivity index (χ1) is 11.6. The lowest BCUT2D eigenvalue weighted by molar-refractivity contribution is -0.146. The summed E-state index contributed by atoms with van der Waals surface area (Å²) >= 11 is 0. The maximum Gasteiger partial charge on any atom is 0.308 e. The number of hydrogen-bond donors (Lipinski definition) is 1. The molecule has 1 aromatic rings. The van der Waals surface area contributed by atoms with Gasteiger partial charge in [0.1, 0.15) is 5.82 Å². The molecule has 0 unspecified atom stereocenters. The monoisotopic (exact) mass is 460 g/mol. The third-order valence-electron chi connectivity index (χ3n) is 4.15. The Kier molecular flexibility index (Phi) is 8.61. The second kappa shape index (κ2) is 10.2. The van der Waals surface area contributed by atoms with Gasteiger partial charge < -0.3 is 15.0 Å².